The van der Waals surface area contributed by atoms with E-state index in [-0.39, 0.29) is 5.91 Å². The second kappa shape index (κ2) is 9.35. The number of anilines is 3. The van der Waals surface area contributed by atoms with Gasteiger partial charge in [-0.15, -0.1) is 0 Å². The molecule has 0 spiro atoms. The smallest absolute Gasteiger partial charge is 0.254 e. The number of carbonyl (C=O) groups excluding carboxylic acids is 1. The summed E-state index contributed by atoms with van der Waals surface area (Å²) < 4.78 is 0. The fourth-order valence-electron chi connectivity index (χ4n) is 3.14. The fourth-order valence-corrected chi connectivity index (χ4v) is 3.14. The summed E-state index contributed by atoms with van der Waals surface area (Å²) >= 11 is 0. The maximum Gasteiger partial charge on any atom is 0.254 e. The van der Waals surface area contributed by atoms with Gasteiger partial charge in [-0.25, -0.2) is 9.97 Å². The van der Waals surface area contributed by atoms with Crippen LogP contribution in [0.5, 0.6) is 0 Å². The summed E-state index contributed by atoms with van der Waals surface area (Å²) in [7, 11) is 0. The van der Waals surface area contributed by atoms with Crippen LogP contribution >= 0.6 is 0 Å². The zero-order valence-corrected chi connectivity index (χ0v) is 16.2. The SMILES string of the molecule is CCCCNC(=O)c1cnc(Nc2ccc(N3CCC(C)CC3)cc2)nc1. The lowest BCUT2D eigenvalue weighted by Gasteiger charge is -2.32. The number of aromatic nitrogens is 2. The highest BCUT2D eigenvalue weighted by Gasteiger charge is 2.15. The molecule has 1 aliphatic heterocycles. The molecule has 1 aliphatic rings. The molecule has 27 heavy (non-hydrogen) atoms. The van der Waals surface area contributed by atoms with Gasteiger partial charge >= 0.3 is 0 Å². The van der Waals surface area contributed by atoms with Crippen molar-refractivity contribution in [3.05, 3.63) is 42.2 Å². The summed E-state index contributed by atoms with van der Waals surface area (Å²) in [5.74, 6) is 1.19. The van der Waals surface area contributed by atoms with E-state index in [1.54, 1.807) is 12.4 Å². The van der Waals surface area contributed by atoms with Crippen LogP contribution in [0.3, 0.4) is 0 Å². The molecule has 1 fully saturated rings. The van der Waals surface area contributed by atoms with E-state index in [4.69, 9.17) is 0 Å². The number of benzene rings is 1. The molecule has 0 atom stereocenters. The Bertz CT molecular complexity index is 721. The van der Waals surface area contributed by atoms with Crippen molar-refractivity contribution in [1.29, 1.82) is 0 Å². The van der Waals surface area contributed by atoms with Gasteiger partial charge in [0, 0.05) is 43.4 Å². The minimum Gasteiger partial charge on any atom is -0.372 e. The van der Waals surface area contributed by atoms with Gasteiger partial charge in [0.25, 0.3) is 5.91 Å². The van der Waals surface area contributed by atoms with Crippen molar-refractivity contribution >= 4 is 23.2 Å². The molecule has 0 bridgehead atoms. The van der Waals surface area contributed by atoms with Crippen molar-refractivity contribution < 1.29 is 4.79 Å². The molecule has 1 aromatic heterocycles. The number of hydrogen-bond acceptors (Lipinski definition) is 5. The maximum absolute atomic E-state index is 12.0. The predicted octanol–water partition coefficient (Wildman–Crippen LogP) is 3.99. The van der Waals surface area contributed by atoms with Crippen LogP contribution in [0.15, 0.2) is 36.7 Å². The lowest BCUT2D eigenvalue weighted by molar-refractivity contribution is 0.0952. The van der Waals surface area contributed by atoms with Gasteiger partial charge in [0.2, 0.25) is 5.95 Å². The first-order valence-electron chi connectivity index (χ1n) is 9.88. The zero-order chi connectivity index (χ0) is 19.1. The number of hydrogen-bond donors (Lipinski definition) is 2. The van der Waals surface area contributed by atoms with Crippen molar-refractivity contribution in [2.75, 3.05) is 29.9 Å². The summed E-state index contributed by atoms with van der Waals surface area (Å²) in [6, 6.07) is 8.35. The lowest BCUT2D eigenvalue weighted by atomic mass is 9.99. The third-order valence-corrected chi connectivity index (χ3v) is 5.00. The van der Waals surface area contributed by atoms with Crippen LogP contribution in [-0.2, 0) is 0 Å². The van der Waals surface area contributed by atoms with Gasteiger partial charge in [-0.05, 0) is 49.4 Å². The van der Waals surface area contributed by atoms with Crippen molar-refractivity contribution in [2.24, 2.45) is 5.92 Å². The molecule has 2 aromatic rings. The van der Waals surface area contributed by atoms with E-state index in [9.17, 15) is 4.79 Å². The molecule has 3 rings (SSSR count). The summed E-state index contributed by atoms with van der Waals surface area (Å²) in [5, 5.41) is 6.05. The highest BCUT2D eigenvalue weighted by molar-refractivity contribution is 5.93. The molecule has 0 unspecified atom stereocenters. The van der Waals surface area contributed by atoms with Crippen molar-refractivity contribution in [1.82, 2.24) is 15.3 Å². The standard InChI is InChI=1S/C21H29N5O/c1-3-4-11-22-20(27)17-14-23-21(24-15-17)25-18-5-7-19(8-6-18)26-12-9-16(2)10-13-26/h5-8,14-16H,3-4,9-13H2,1-2H3,(H,22,27)(H,23,24,25). The third kappa shape index (κ3) is 5.42. The number of rotatable bonds is 7. The Morgan fingerprint density at radius 2 is 1.81 bits per heavy atom. The molecule has 0 saturated carbocycles. The number of nitrogens with zero attached hydrogens (tertiary/aromatic N) is 3. The summed E-state index contributed by atoms with van der Waals surface area (Å²) in [4.78, 5) is 22.9. The van der Waals surface area contributed by atoms with Gasteiger partial charge < -0.3 is 15.5 Å². The zero-order valence-electron chi connectivity index (χ0n) is 16.2. The van der Waals surface area contributed by atoms with Crippen LogP contribution in [0.4, 0.5) is 17.3 Å². The Labute approximate surface area is 161 Å². The van der Waals surface area contributed by atoms with E-state index in [0.29, 0.717) is 18.1 Å². The van der Waals surface area contributed by atoms with E-state index in [0.717, 1.165) is 37.5 Å². The second-order valence-electron chi connectivity index (χ2n) is 7.25. The third-order valence-electron chi connectivity index (χ3n) is 5.00. The monoisotopic (exact) mass is 367 g/mol. The van der Waals surface area contributed by atoms with Crippen LogP contribution in [0.1, 0.15) is 49.9 Å². The van der Waals surface area contributed by atoms with Crippen molar-refractivity contribution in [3.8, 4) is 0 Å². The molecule has 1 amide bonds. The van der Waals surface area contributed by atoms with E-state index < -0.39 is 0 Å². The van der Waals surface area contributed by atoms with Crippen molar-refractivity contribution in [2.45, 2.75) is 39.5 Å². The number of piperidine rings is 1. The molecule has 2 heterocycles. The average Bonchev–Trinajstić information content (AvgIpc) is 2.70. The quantitative estimate of drug-likeness (QED) is 0.724. The molecule has 0 aliphatic carbocycles. The highest BCUT2D eigenvalue weighted by atomic mass is 16.1. The van der Waals surface area contributed by atoms with E-state index >= 15 is 0 Å². The molecule has 6 heteroatoms. The van der Waals surface area contributed by atoms with Crippen LogP contribution in [0, 0.1) is 5.92 Å². The number of carbonyl (C=O) groups is 1. The van der Waals surface area contributed by atoms with Gasteiger partial charge in [0.1, 0.15) is 0 Å². The lowest BCUT2D eigenvalue weighted by Crippen LogP contribution is -2.32. The molecule has 2 N–H and O–H groups in total. The van der Waals surface area contributed by atoms with Gasteiger partial charge in [0.15, 0.2) is 0 Å². The number of nitrogens with one attached hydrogen (secondary N) is 2. The van der Waals surface area contributed by atoms with Gasteiger partial charge in [-0.2, -0.15) is 0 Å². The Hall–Kier alpha value is -2.63. The first kappa shape index (κ1) is 19.1. The van der Waals surface area contributed by atoms with E-state index in [2.05, 4.69) is 51.5 Å². The molecule has 6 nitrogen and oxygen atoms in total. The number of unbranched alkanes of at least 4 members (excludes halogenated alkanes) is 1. The Balaban J connectivity index is 1.55. The molecule has 0 radical (unpaired) electrons. The first-order valence-corrected chi connectivity index (χ1v) is 9.88. The minimum atomic E-state index is -0.129. The maximum atomic E-state index is 12.0. The Morgan fingerprint density at radius 1 is 1.15 bits per heavy atom. The first-order chi connectivity index (χ1) is 13.2. The van der Waals surface area contributed by atoms with Crippen LogP contribution < -0.4 is 15.5 Å². The Morgan fingerprint density at radius 3 is 2.44 bits per heavy atom. The summed E-state index contributed by atoms with van der Waals surface area (Å²) in [6.45, 7) is 7.34. The molecular formula is C21H29N5O. The topological polar surface area (TPSA) is 70.2 Å². The van der Waals surface area contributed by atoms with Crippen LogP contribution in [0.25, 0.3) is 0 Å². The summed E-state index contributed by atoms with van der Waals surface area (Å²) in [5.41, 5.74) is 2.67. The van der Waals surface area contributed by atoms with Gasteiger partial charge in [-0.1, -0.05) is 20.3 Å². The average molecular weight is 367 g/mol. The largest absolute Gasteiger partial charge is 0.372 e. The summed E-state index contributed by atoms with van der Waals surface area (Å²) in [6.07, 6.45) is 7.65. The van der Waals surface area contributed by atoms with E-state index in [1.165, 1.54) is 18.5 Å². The molecule has 1 saturated heterocycles. The molecule has 1 aromatic carbocycles. The molecular weight excluding hydrogens is 338 g/mol. The highest BCUT2D eigenvalue weighted by Crippen LogP contribution is 2.24. The van der Waals surface area contributed by atoms with Crippen LogP contribution in [0.2, 0.25) is 0 Å². The van der Waals surface area contributed by atoms with E-state index in [1.807, 2.05) is 12.1 Å². The predicted molar refractivity (Wildman–Crippen MR) is 110 cm³/mol. The second-order valence-corrected chi connectivity index (χ2v) is 7.25. The minimum absolute atomic E-state index is 0.129. The normalized spacial score (nSPS) is 14.8. The van der Waals surface area contributed by atoms with Crippen LogP contribution in [-0.4, -0.2) is 35.5 Å². The number of amides is 1. The molecule has 144 valence electrons. The van der Waals surface area contributed by atoms with Gasteiger partial charge in [0.05, 0.1) is 5.56 Å². The fraction of sp³-hybridized carbons (Fsp3) is 0.476. The Kier molecular flexibility index (Phi) is 6.63. The van der Waals surface area contributed by atoms with Gasteiger partial charge in [-0.3, -0.25) is 4.79 Å². The van der Waals surface area contributed by atoms with Crippen molar-refractivity contribution in [3.63, 3.8) is 0 Å².